The molecule has 0 aliphatic rings. The summed E-state index contributed by atoms with van der Waals surface area (Å²) in [6.07, 6.45) is 3.26. The number of hydrogen-bond acceptors (Lipinski definition) is 3. The molecule has 76 valence electrons. The van der Waals surface area contributed by atoms with Crippen LogP contribution in [-0.4, -0.2) is 18.0 Å². The van der Waals surface area contributed by atoms with Crippen molar-refractivity contribution < 1.29 is 9.53 Å². The molecule has 0 spiro atoms. The highest BCUT2D eigenvalue weighted by Crippen LogP contribution is 2.27. The van der Waals surface area contributed by atoms with Gasteiger partial charge in [-0.15, -0.1) is 0 Å². The molecule has 15 heavy (non-hydrogen) atoms. The number of amides is 1. The number of nitrogens with zero attached hydrogens (tertiary/aromatic N) is 1. The summed E-state index contributed by atoms with van der Waals surface area (Å²) in [6, 6.07) is 5.16. The van der Waals surface area contributed by atoms with Gasteiger partial charge in [0.05, 0.1) is 7.11 Å². The highest BCUT2D eigenvalue weighted by molar-refractivity contribution is 6.07. The van der Waals surface area contributed by atoms with Crippen molar-refractivity contribution in [1.82, 2.24) is 4.98 Å². The van der Waals surface area contributed by atoms with Crippen LogP contribution in [0.15, 0.2) is 30.6 Å². The summed E-state index contributed by atoms with van der Waals surface area (Å²) in [5.41, 5.74) is 5.72. The lowest BCUT2D eigenvalue weighted by atomic mass is 10.1. The van der Waals surface area contributed by atoms with Gasteiger partial charge >= 0.3 is 0 Å². The second-order valence-electron chi connectivity index (χ2n) is 3.10. The van der Waals surface area contributed by atoms with Crippen LogP contribution in [0.25, 0.3) is 10.8 Å². The summed E-state index contributed by atoms with van der Waals surface area (Å²) in [7, 11) is 1.58. The zero-order valence-electron chi connectivity index (χ0n) is 8.23. The average molecular weight is 202 g/mol. The molecular formula is C11H10N2O2. The first-order valence-corrected chi connectivity index (χ1v) is 4.44. The SMILES string of the molecule is COc1ccc(C(N)=O)c2cnccc12. The van der Waals surface area contributed by atoms with Crippen LogP contribution in [0.3, 0.4) is 0 Å². The lowest BCUT2D eigenvalue weighted by molar-refractivity contribution is 0.100. The first-order valence-electron chi connectivity index (χ1n) is 4.44. The van der Waals surface area contributed by atoms with Gasteiger partial charge in [-0.05, 0) is 18.2 Å². The van der Waals surface area contributed by atoms with Gasteiger partial charge in [0.25, 0.3) is 0 Å². The van der Waals surface area contributed by atoms with Crippen molar-refractivity contribution in [2.75, 3.05) is 7.11 Å². The number of ether oxygens (including phenoxy) is 1. The van der Waals surface area contributed by atoms with E-state index in [0.29, 0.717) is 16.7 Å². The number of hydrogen-bond donors (Lipinski definition) is 1. The van der Waals surface area contributed by atoms with Crippen LogP contribution in [0, 0.1) is 0 Å². The molecule has 0 aliphatic heterocycles. The van der Waals surface area contributed by atoms with Gasteiger partial charge in [-0.2, -0.15) is 0 Å². The number of methoxy groups -OCH3 is 1. The van der Waals surface area contributed by atoms with Crippen LogP contribution in [-0.2, 0) is 0 Å². The molecule has 0 aliphatic carbocycles. The Morgan fingerprint density at radius 3 is 2.80 bits per heavy atom. The second-order valence-corrected chi connectivity index (χ2v) is 3.10. The van der Waals surface area contributed by atoms with E-state index in [1.54, 1.807) is 37.7 Å². The number of carbonyl (C=O) groups is 1. The summed E-state index contributed by atoms with van der Waals surface area (Å²) in [5.74, 6) is 0.244. The highest BCUT2D eigenvalue weighted by Gasteiger charge is 2.09. The number of benzene rings is 1. The quantitative estimate of drug-likeness (QED) is 0.799. The zero-order chi connectivity index (χ0) is 10.8. The van der Waals surface area contributed by atoms with E-state index >= 15 is 0 Å². The number of nitrogens with two attached hydrogens (primary N) is 1. The molecule has 4 nitrogen and oxygen atoms in total. The Balaban J connectivity index is 2.83. The molecule has 1 heterocycles. The number of carbonyl (C=O) groups excluding carboxylic acids is 1. The van der Waals surface area contributed by atoms with E-state index in [1.165, 1.54) is 0 Å². The Labute approximate surface area is 86.7 Å². The molecule has 1 aromatic carbocycles. The molecule has 0 bridgehead atoms. The minimum Gasteiger partial charge on any atom is -0.496 e. The Morgan fingerprint density at radius 1 is 1.33 bits per heavy atom. The number of rotatable bonds is 2. The third-order valence-corrected chi connectivity index (χ3v) is 2.26. The molecule has 0 unspecified atom stereocenters. The Morgan fingerprint density at radius 2 is 2.13 bits per heavy atom. The molecule has 1 amide bonds. The smallest absolute Gasteiger partial charge is 0.249 e. The van der Waals surface area contributed by atoms with Gasteiger partial charge in [0.2, 0.25) is 5.91 Å². The van der Waals surface area contributed by atoms with Crippen LogP contribution in [0.1, 0.15) is 10.4 Å². The van der Waals surface area contributed by atoms with Gasteiger partial charge in [0.1, 0.15) is 5.75 Å². The number of pyridine rings is 1. The normalized spacial score (nSPS) is 10.2. The molecule has 0 saturated carbocycles. The van der Waals surface area contributed by atoms with Crippen molar-refractivity contribution in [1.29, 1.82) is 0 Å². The van der Waals surface area contributed by atoms with Gasteiger partial charge < -0.3 is 10.5 Å². The fourth-order valence-corrected chi connectivity index (χ4v) is 1.56. The summed E-state index contributed by atoms with van der Waals surface area (Å²) >= 11 is 0. The number of fused-ring (bicyclic) bond motifs is 1. The van der Waals surface area contributed by atoms with Crippen LogP contribution in [0.4, 0.5) is 0 Å². The highest BCUT2D eigenvalue weighted by atomic mass is 16.5. The van der Waals surface area contributed by atoms with Gasteiger partial charge in [0, 0.05) is 28.7 Å². The van der Waals surface area contributed by atoms with Crippen molar-refractivity contribution >= 4 is 16.7 Å². The van der Waals surface area contributed by atoms with Crippen molar-refractivity contribution in [2.45, 2.75) is 0 Å². The first-order chi connectivity index (χ1) is 7.24. The maximum atomic E-state index is 11.2. The van der Waals surface area contributed by atoms with Crippen molar-refractivity contribution in [3.05, 3.63) is 36.2 Å². The van der Waals surface area contributed by atoms with E-state index in [-0.39, 0.29) is 0 Å². The molecule has 0 atom stereocenters. The van der Waals surface area contributed by atoms with E-state index in [1.807, 2.05) is 0 Å². The summed E-state index contributed by atoms with van der Waals surface area (Å²) < 4.78 is 5.18. The molecule has 2 aromatic rings. The third-order valence-electron chi connectivity index (χ3n) is 2.26. The predicted octanol–water partition coefficient (Wildman–Crippen LogP) is 1.34. The molecule has 0 radical (unpaired) electrons. The summed E-state index contributed by atoms with van der Waals surface area (Å²) in [4.78, 5) is 15.1. The largest absolute Gasteiger partial charge is 0.496 e. The van der Waals surface area contributed by atoms with Crippen LogP contribution < -0.4 is 10.5 Å². The fraction of sp³-hybridized carbons (Fsp3) is 0.0909. The maximum absolute atomic E-state index is 11.2. The minimum absolute atomic E-state index is 0.457. The van der Waals surface area contributed by atoms with Crippen LogP contribution in [0.2, 0.25) is 0 Å². The van der Waals surface area contributed by atoms with E-state index in [2.05, 4.69) is 4.98 Å². The lowest BCUT2D eigenvalue weighted by Gasteiger charge is -2.07. The van der Waals surface area contributed by atoms with Gasteiger partial charge in [0.15, 0.2) is 0 Å². The maximum Gasteiger partial charge on any atom is 0.249 e. The zero-order valence-corrected chi connectivity index (χ0v) is 8.23. The molecule has 1 aromatic heterocycles. The molecule has 2 rings (SSSR count). The molecule has 0 fully saturated rings. The van der Waals surface area contributed by atoms with Crippen molar-refractivity contribution in [3.63, 3.8) is 0 Å². The standard InChI is InChI=1S/C11H10N2O2/c1-15-10-3-2-8(11(12)14)9-6-13-5-4-7(9)10/h2-6H,1H3,(H2,12,14). The van der Waals surface area contributed by atoms with Crippen molar-refractivity contribution in [2.24, 2.45) is 5.73 Å². The number of primary amides is 1. The van der Waals surface area contributed by atoms with Crippen molar-refractivity contribution in [3.8, 4) is 5.75 Å². The Hall–Kier alpha value is -2.10. The van der Waals surface area contributed by atoms with Gasteiger partial charge in [-0.1, -0.05) is 0 Å². The minimum atomic E-state index is -0.462. The van der Waals surface area contributed by atoms with Gasteiger partial charge in [-0.3, -0.25) is 9.78 Å². The molecule has 4 heteroatoms. The number of aromatic nitrogens is 1. The van der Waals surface area contributed by atoms with E-state index in [9.17, 15) is 4.79 Å². The molecule has 2 N–H and O–H groups in total. The second kappa shape index (κ2) is 3.57. The van der Waals surface area contributed by atoms with E-state index in [0.717, 1.165) is 5.39 Å². The molecule has 0 saturated heterocycles. The fourth-order valence-electron chi connectivity index (χ4n) is 1.56. The summed E-state index contributed by atoms with van der Waals surface area (Å²) in [6.45, 7) is 0. The van der Waals surface area contributed by atoms with Crippen LogP contribution >= 0.6 is 0 Å². The van der Waals surface area contributed by atoms with E-state index < -0.39 is 5.91 Å². The average Bonchev–Trinajstić information content (AvgIpc) is 2.27. The third kappa shape index (κ3) is 1.50. The predicted molar refractivity (Wildman–Crippen MR) is 56.8 cm³/mol. The first kappa shape index (κ1) is 9.45. The summed E-state index contributed by atoms with van der Waals surface area (Å²) in [5, 5.41) is 1.55. The monoisotopic (exact) mass is 202 g/mol. The Bertz CT molecular complexity index is 523. The van der Waals surface area contributed by atoms with E-state index in [4.69, 9.17) is 10.5 Å². The molecular weight excluding hydrogens is 192 g/mol. The lowest BCUT2D eigenvalue weighted by Crippen LogP contribution is -2.11. The van der Waals surface area contributed by atoms with Gasteiger partial charge in [-0.25, -0.2) is 0 Å². The Kier molecular flexibility index (Phi) is 2.25. The van der Waals surface area contributed by atoms with Crippen LogP contribution in [0.5, 0.6) is 5.75 Å². The topological polar surface area (TPSA) is 65.2 Å².